The van der Waals surface area contributed by atoms with Crippen LogP contribution in [0.1, 0.15) is 55.3 Å². The Hall–Kier alpha value is -1.56. The zero-order chi connectivity index (χ0) is 12.4. The SMILES string of the molecule is N#Cc1cc2c(nc1OC1CCCCC1)CCC2. The van der Waals surface area contributed by atoms with Gasteiger partial charge in [-0.15, -0.1) is 0 Å². The molecule has 0 unspecified atom stereocenters. The second-order valence-corrected chi connectivity index (χ2v) is 5.29. The molecule has 3 nitrogen and oxygen atoms in total. The van der Waals surface area contributed by atoms with E-state index in [1.54, 1.807) is 0 Å². The van der Waals surface area contributed by atoms with Crippen LogP contribution >= 0.6 is 0 Å². The van der Waals surface area contributed by atoms with Crippen molar-refractivity contribution in [3.63, 3.8) is 0 Å². The Morgan fingerprint density at radius 1 is 1.17 bits per heavy atom. The van der Waals surface area contributed by atoms with Crippen molar-refractivity contribution < 1.29 is 4.74 Å². The fourth-order valence-electron chi connectivity index (χ4n) is 2.96. The molecule has 0 atom stereocenters. The molecule has 0 aromatic carbocycles. The molecule has 0 bridgehead atoms. The minimum Gasteiger partial charge on any atom is -0.473 e. The standard InChI is InChI=1S/C15H18N2O/c16-10-12-9-11-5-4-8-14(11)17-15(12)18-13-6-2-1-3-7-13/h9,13H,1-8H2. The average molecular weight is 242 g/mol. The Morgan fingerprint density at radius 2 is 2.00 bits per heavy atom. The van der Waals surface area contributed by atoms with Crippen LogP contribution in [0.5, 0.6) is 5.88 Å². The fraction of sp³-hybridized carbons (Fsp3) is 0.600. The Balaban J connectivity index is 1.84. The van der Waals surface area contributed by atoms with Gasteiger partial charge in [0.15, 0.2) is 0 Å². The first-order valence-corrected chi connectivity index (χ1v) is 6.96. The number of fused-ring (bicyclic) bond motifs is 1. The molecule has 1 aromatic rings. The van der Waals surface area contributed by atoms with Gasteiger partial charge in [-0.1, -0.05) is 6.42 Å². The number of pyridine rings is 1. The lowest BCUT2D eigenvalue weighted by Gasteiger charge is -2.23. The fourth-order valence-corrected chi connectivity index (χ4v) is 2.96. The first-order chi connectivity index (χ1) is 8.86. The highest BCUT2D eigenvalue weighted by Crippen LogP contribution is 2.29. The molecule has 1 fully saturated rings. The van der Waals surface area contributed by atoms with Gasteiger partial charge in [0.2, 0.25) is 5.88 Å². The molecule has 0 spiro atoms. The Bertz CT molecular complexity index is 484. The van der Waals surface area contributed by atoms with Crippen molar-refractivity contribution in [1.29, 1.82) is 5.26 Å². The quantitative estimate of drug-likeness (QED) is 0.800. The van der Waals surface area contributed by atoms with Crippen molar-refractivity contribution in [2.24, 2.45) is 0 Å². The van der Waals surface area contributed by atoms with Crippen molar-refractivity contribution in [2.75, 3.05) is 0 Å². The average Bonchev–Trinajstić information content (AvgIpc) is 2.86. The summed E-state index contributed by atoms with van der Waals surface area (Å²) in [7, 11) is 0. The van der Waals surface area contributed by atoms with Gasteiger partial charge in [-0.3, -0.25) is 0 Å². The summed E-state index contributed by atoms with van der Waals surface area (Å²) in [4.78, 5) is 4.57. The van der Waals surface area contributed by atoms with Gasteiger partial charge in [0.25, 0.3) is 0 Å². The van der Waals surface area contributed by atoms with Crippen LogP contribution in [0.3, 0.4) is 0 Å². The van der Waals surface area contributed by atoms with Crippen molar-refractivity contribution >= 4 is 0 Å². The van der Waals surface area contributed by atoms with Crippen molar-refractivity contribution in [3.8, 4) is 11.9 Å². The van der Waals surface area contributed by atoms with Crippen molar-refractivity contribution in [1.82, 2.24) is 4.98 Å². The van der Waals surface area contributed by atoms with Crippen LogP contribution in [0, 0.1) is 11.3 Å². The van der Waals surface area contributed by atoms with Gasteiger partial charge in [0, 0.05) is 5.69 Å². The molecule has 1 heterocycles. The molecular formula is C15H18N2O. The summed E-state index contributed by atoms with van der Waals surface area (Å²) in [6, 6.07) is 4.21. The first-order valence-electron chi connectivity index (χ1n) is 6.96. The van der Waals surface area contributed by atoms with Gasteiger partial charge in [0.1, 0.15) is 17.7 Å². The predicted molar refractivity (Wildman–Crippen MR) is 68.5 cm³/mol. The van der Waals surface area contributed by atoms with Gasteiger partial charge >= 0.3 is 0 Å². The van der Waals surface area contributed by atoms with E-state index < -0.39 is 0 Å². The Morgan fingerprint density at radius 3 is 2.78 bits per heavy atom. The number of hydrogen-bond acceptors (Lipinski definition) is 3. The molecule has 0 saturated heterocycles. The third-order valence-electron chi connectivity index (χ3n) is 3.97. The first kappa shape index (κ1) is 11.5. The number of nitriles is 1. The van der Waals surface area contributed by atoms with Crippen LogP contribution in [-0.4, -0.2) is 11.1 Å². The number of nitrogens with zero attached hydrogens (tertiary/aromatic N) is 2. The minimum absolute atomic E-state index is 0.262. The number of aromatic nitrogens is 1. The summed E-state index contributed by atoms with van der Waals surface area (Å²) in [6.45, 7) is 0. The molecule has 94 valence electrons. The van der Waals surface area contributed by atoms with E-state index in [0.29, 0.717) is 11.4 Å². The lowest BCUT2D eigenvalue weighted by atomic mass is 9.98. The normalized spacial score (nSPS) is 19.3. The summed E-state index contributed by atoms with van der Waals surface area (Å²) < 4.78 is 5.97. The largest absolute Gasteiger partial charge is 0.473 e. The number of rotatable bonds is 2. The maximum absolute atomic E-state index is 9.21. The number of aryl methyl sites for hydroxylation is 2. The van der Waals surface area contributed by atoms with E-state index in [0.717, 1.165) is 37.8 Å². The molecule has 3 heteroatoms. The van der Waals surface area contributed by atoms with Crippen molar-refractivity contribution in [3.05, 3.63) is 22.9 Å². The summed E-state index contributed by atoms with van der Waals surface area (Å²) in [5, 5.41) is 9.21. The van der Waals surface area contributed by atoms with Gasteiger partial charge in [0.05, 0.1) is 0 Å². The zero-order valence-corrected chi connectivity index (χ0v) is 10.6. The van der Waals surface area contributed by atoms with Crippen molar-refractivity contribution in [2.45, 2.75) is 57.5 Å². The highest BCUT2D eigenvalue weighted by atomic mass is 16.5. The lowest BCUT2D eigenvalue weighted by molar-refractivity contribution is 0.148. The lowest BCUT2D eigenvalue weighted by Crippen LogP contribution is -2.21. The zero-order valence-electron chi connectivity index (χ0n) is 10.6. The summed E-state index contributed by atoms with van der Waals surface area (Å²) >= 11 is 0. The molecule has 0 aliphatic heterocycles. The molecule has 3 rings (SSSR count). The molecule has 18 heavy (non-hydrogen) atoms. The molecule has 1 aromatic heterocycles. The number of ether oxygens (including phenoxy) is 1. The van der Waals surface area contributed by atoms with Gasteiger partial charge in [-0.05, 0) is 56.6 Å². The monoisotopic (exact) mass is 242 g/mol. The van der Waals surface area contributed by atoms with E-state index in [1.807, 2.05) is 6.07 Å². The van der Waals surface area contributed by atoms with Crippen LogP contribution in [-0.2, 0) is 12.8 Å². The predicted octanol–water partition coefficient (Wildman–Crippen LogP) is 3.15. The van der Waals surface area contributed by atoms with Gasteiger partial charge < -0.3 is 4.74 Å². The second kappa shape index (κ2) is 4.97. The topological polar surface area (TPSA) is 45.9 Å². The highest BCUT2D eigenvalue weighted by Gasteiger charge is 2.21. The van der Waals surface area contributed by atoms with Crippen LogP contribution in [0.2, 0.25) is 0 Å². The summed E-state index contributed by atoms with van der Waals surface area (Å²) in [5.74, 6) is 0.574. The number of hydrogen-bond donors (Lipinski definition) is 0. The van der Waals surface area contributed by atoms with Gasteiger partial charge in [-0.25, -0.2) is 4.98 Å². The summed E-state index contributed by atoms with van der Waals surface area (Å²) in [6.07, 6.45) is 9.48. The maximum Gasteiger partial charge on any atom is 0.232 e. The molecule has 0 radical (unpaired) electrons. The van der Waals surface area contributed by atoms with Gasteiger partial charge in [-0.2, -0.15) is 5.26 Å². The molecule has 1 saturated carbocycles. The Kier molecular flexibility index (Phi) is 3.19. The van der Waals surface area contributed by atoms with E-state index in [9.17, 15) is 5.26 Å². The smallest absolute Gasteiger partial charge is 0.232 e. The second-order valence-electron chi connectivity index (χ2n) is 5.29. The highest BCUT2D eigenvalue weighted by molar-refractivity contribution is 5.44. The van der Waals surface area contributed by atoms with Crippen LogP contribution in [0.25, 0.3) is 0 Å². The van der Waals surface area contributed by atoms with Crippen LogP contribution in [0.4, 0.5) is 0 Å². The van der Waals surface area contributed by atoms with Crippen LogP contribution in [0.15, 0.2) is 6.07 Å². The maximum atomic E-state index is 9.21. The molecule has 0 N–H and O–H groups in total. The third-order valence-corrected chi connectivity index (χ3v) is 3.97. The molecule has 2 aliphatic carbocycles. The van der Waals surface area contributed by atoms with Crippen LogP contribution < -0.4 is 4.74 Å². The van der Waals surface area contributed by atoms with E-state index in [1.165, 1.54) is 24.8 Å². The third kappa shape index (κ3) is 2.20. The van der Waals surface area contributed by atoms with E-state index in [4.69, 9.17) is 4.74 Å². The minimum atomic E-state index is 0.262. The van der Waals surface area contributed by atoms with E-state index in [-0.39, 0.29) is 6.10 Å². The summed E-state index contributed by atoms with van der Waals surface area (Å²) in [5.41, 5.74) is 2.99. The molecule has 0 amide bonds. The molecule has 2 aliphatic rings. The van der Waals surface area contributed by atoms with E-state index >= 15 is 0 Å². The Labute approximate surface area is 108 Å². The molecular weight excluding hydrogens is 224 g/mol. The van der Waals surface area contributed by atoms with E-state index in [2.05, 4.69) is 11.1 Å².